The average Bonchev–Trinajstić information content (AvgIpc) is 2.38. The molecule has 0 aromatic heterocycles. The number of primary amides is 1. The van der Waals surface area contributed by atoms with Crippen molar-refractivity contribution in [3.8, 4) is 0 Å². The summed E-state index contributed by atoms with van der Waals surface area (Å²) in [6.45, 7) is 5.32. The maximum absolute atomic E-state index is 10.0. The van der Waals surface area contributed by atoms with Gasteiger partial charge in [0.05, 0.1) is 6.61 Å². The lowest BCUT2D eigenvalue weighted by Crippen LogP contribution is -2.21. The molecular formula is C14H30N2O4. The molecule has 0 aromatic rings. The molecule has 0 aromatic carbocycles. The van der Waals surface area contributed by atoms with E-state index in [-0.39, 0.29) is 0 Å². The van der Waals surface area contributed by atoms with Crippen molar-refractivity contribution in [3.05, 3.63) is 0 Å². The first-order valence-corrected chi connectivity index (χ1v) is 7.43. The van der Waals surface area contributed by atoms with Gasteiger partial charge < -0.3 is 20.9 Å². The summed E-state index contributed by atoms with van der Waals surface area (Å²) in [5.74, 6) is 0. The van der Waals surface area contributed by atoms with Gasteiger partial charge in [-0.3, -0.25) is 0 Å². The molecule has 0 unspecified atom stereocenters. The van der Waals surface area contributed by atoms with Crippen LogP contribution in [0.25, 0.3) is 0 Å². The van der Waals surface area contributed by atoms with E-state index in [0.29, 0.717) is 13.2 Å². The van der Waals surface area contributed by atoms with Crippen LogP contribution in [-0.2, 0) is 4.74 Å². The molecule has 0 aliphatic rings. The van der Waals surface area contributed by atoms with Crippen molar-refractivity contribution in [2.24, 2.45) is 5.73 Å². The number of carboxylic acid groups (broad SMARTS) is 1. The number of nitrogens with one attached hydrogen (secondary N) is 1. The lowest BCUT2D eigenvalue weighted by atomic mass is 10.2. The number of hydrogen-bond donors (Lipinski definition) is 3. The standard InChI is InChI=1S/2C7H15NO2/c1-2-3-4-5-6-10-7(8)9;1-2-3-4-5-6-8-7(9)10/h2-6H2,1H3,(H2,8,9);8H,2-6H2,1H3,(H,9,10). The Bertz CT molecular complexity index is 211. The second kappa shape index (κ2) is 17.5. The van der Waals surface area contributed by atoms with E-state index in [1.165, 1.54) is 25.7 Å². The van der Waals surface area contributed by atoms with Crippen molar-refractivity contribution >= 4 is 12.2 Å². The number of carbonyl (C=O) groups is 2. The molecule has 0 fully saturated rings. The predicted molar refractivity (Wildman–Crippen MR) is 79.8 cm³/mol. The summed E-state index contributed by atoms with van der Waals surface area (Å²) in [5, 5.41) is 10.5. The summed E-state index contributed by atoms with van der Waals surface area (Å²) in [6.07, 6.45) is 7.30. The van der Waals surface area contributed by atoms with Crippen LogP contribution in [0.1, 0.15) is 65.2 Å². The van der Waals surface area contributed by atoms with E-state index in [1.807, 2.05) is 0 Å². The molecule has 4 N–H and O–H groups in total. The Labute approximate surface area is 122 Å². The summed E-state index contributed by atoms with van der Waals surface area (Å²) < 4.78 is 4.53. The SMILES string of the molecule is CCCCCCNC(=O)O.CCCCCCOC(N)=O. The van der Waals surface area contributed by atoms with Crippen molar-refractivity contribution < 1.29 is 19.4 Å². The van der Waals surface area contributed by atoms with E-state index < -0.39 is 12.2 Å². The molecule has 0 atom stereocenters. The van der Waals surface area contributed by atoms with Crippen LogP contribution in [0, 0.1) is 0 Å². The number of rotatable bonds is 10. The van der Waals surface area contributed by atoms with Crippen LogP contribution in [0.4, 0.5) is 9.59 Å². The van der Waals surface area contributed by atoms with Crippen molar-refractivity contribution in [1.82, 2.24) is 5.32 Å². The highest BCUT2D eigenvalue weighted by Gasteiger charge is 1.92. The summed E-state index contributed by atoms with van der Waals surface area (Å²) in [6, 6.07) is 0. The normalized spacial score (nSPS) is 9.30. The Morgan fingerprint density at radius 1 is 1.00 bits per heavy atom. The summed E-state index contributed by atoms with van der Waals surface area (Å²) in [4.78, 5) is 20.0. The number of unbranched alkanes of at least 4 members (excludes halogenated alkanes) is 6. The van der Waals surface area contributed by atoms with Crippen molar-refractivity contribution in [2.45, 2.75) is 65.2 Å². The highest BCUT2D eigenvalue weighted by atomic mass is 16.5. The van der Waals surface area contributed by atoms with Gasteiger partial charge in [-0.25, -0.2) is 9.59 Å². The van der Waals surface area contributed by atoms with Crippen molar-refractivity contribution in [1.29, 1.82) is 0 Å². The zero-order chi connectivity index (χ0) is 15.6. The molecule has 2 amide bonds. The van der Waals surface area contributed by atoms with Crippen LogP contribution in [-0.4, -0.2) is 30.4 Å². The van der Waals surface area contributed by atoms with E-state index in [4.69, 9.17) is 10.8 Å². The van der Waals surface area contributed by atoms with Gasteiger partial charge >= 0.3 is 12.2 Å². The molecule has 20 heavy (non-hydrogen) atoms. The first-order chi connectivity index (χ1) is 9.54. The van der Waals surface area contributed by atoms with Gasteiger partial charge in [0.2, 0.25) is 0 Å². The second-order valence-corrected chi connectivity index (χ2v) is 4.52. The largest absolute Gasteiger partial charge is 0.465 e. The summed E-state index contributed by atoms with van der Waals surface area (Å²) in [5.41, 5.74) is 4.75. The molecule has 0 saturated heterocycles. The molecule has 0 heterocycles. The molecule has 0 aliphatic carbocycles. The van der Waals surface area contributed by atoms with Crippen LogP contribution in [0.5, 0.6) is 0 Å². The van der Waals surface area contributed by atoms with Gasteiger partial charge in [0.15, 0.2) is 0 Å². The van der Waals surface area contributed by atoms with E-state index in [1.54, 1.807) is 0 Å². The molecule has 0 spiro atoms. The Hall–Kier alpha value is -1.46. The average molecular weight is 290 g/mol. The predicted octanol–water partition coefficient (Wildman–Crippen LogP) is 3.50. The topological polar surface area (TPSA) is 102 Å². The summed E-state index contributed by atoms with van der Waals surface area (Å²) in [7, 11) is 0. The zero-order valence-electron chi connectivity index (χ0n) is 12.8. The van der Waals surface area contributed by atoms with Gasteiger partial charge in [-0.1, -0.05) is 52.4 Å². The molecule has 6 heteroatoms. The lowest BCUT2D eigenvalue weighted by molar-refractivity contribution is 0.154. The third kappa shape index (κ3) is 25.4. The molecule has 0 bridgehead atoms. The number of hydrogen-bond acceptors (Lipinski definition) is 3. The number of amides is 2. The smallest absolute Gasteiger partial charge is 0.404 e. The molecule has 0 saturated carbocycles. The minimum atomic E-state index is -0.920. The Morgan fingerprint density at radius 3 is 2.00 bits per heavy atom. The van der Waals surface area contributed by atoms with Gasteiger partial charge in [-0.05, 0) is 12.8 Å². The van der Waals surface area contributed by atoms with Gasteiger partial charge in [-0.2, -0.15) is 0 Å². The van der Waals surface area contributed by atoms with E-state index in [0.717, 1.165) is 25.7 Å². The monoisotopic (exact) mass is 290 g/mol. The van der Waals surface area contributed by atoms with Crippen LogP contribution in [0.2, 0.25) is 0 Å². The summed E-state index contributed by atoms with van der Waals surface area (Å²) >= 11 is 0. The Balaban J connectivity index is 0. The van der Waals surface area contributed by atoms with Crippen LogP contribution in [0.15, 0.2) is 0 Å². The number of ether oxygens (including phenoxy) is 1. The van der Waals surface area contributed by atoms with Gasteiger partial charge in [0.25, 0.3) is 0 Å². The van der Waals surface area contributed by atoms with Crippen LogP contribution in [0.3, 0.4) is 0 Å². The fourth-order valence-electron chi connectivity index (χ4n) is 1.45. The highest BCUT2D eigenvalue weighted by molar-refractivity contribution is 5.64. The minimum Gasteiger partial charge on any atom is -0.465 e. The maximum Gasteiger partial charge on any atom is 0.404 e. The Morgan fingerprint density at radius 2 is 1.55 bits per heavy atom. The lowest BCUT2D eigenvalue weighted by Gasteiger charge is -1.99. The third-order valence-corrected chi connectivity index (χ3v) is 2.55. The highest BCUT2D eigenvalue weighted by Crippen LogP contribution is 1.98. The Kier molecular flexibility index (Phi) is 18.3. The third-order valence-electron chi connectivity index (χ3n) is 2.55. The van der Waals surface area contributed by atoms with Crippen LogP contribution >= 0.6 is 0 Å². The maximum atomic E-state index is 10.0. The van der Waals surface area contributed by atoms with Gasteiger partial charge in [-0.15, -0.1) is 0 Å². The molecule has 0 aliphatic heterocycles. The van der Waals surface area contributed by atoms with E-state index in [9.17, 15) is 9.59 Å². The molecule has 0 rings (SSSR count). The molecule has 6 nitrogen and oxygen atoms in total. The van der Waals surface area contributed by atoms with Crippen molar-refractivity contribution in [2.75, 3.05) is 13.2 Å². The quantitative estimate of drug-likeness (QED) is 0.536. The van der Waals surface area contributed by atoms with Gasteiger partial charge in [0, 0.05) is 6.54 Å². The van der Waals surface area contributed by atoms with Crippen LogP contribution < -0.4 is 11.1 Å². The fraction of sp³-hybridized carbons (Fsp3) is 0.857. The first kappa shape index (κ1) is 20.8. The van der Waals surface area contributed by atoms with Gasteiger partial charge in [0.1, 0.15) is 0 Å². The molecule has 0 radical (unpaired) electrons. The second-order valence-electron chi connectivity index (χ2n) is 4.52. The number of nitrogens with two attached hydrogens (primary N) is 1. The molecule has 120 valence electrons. The minimum absolute atomic E-state index is 0.468. The zero-order valence-corrected chi connectivity index (χ0v) is 12.8. The van der Waals surface area contributed by atoms with E-state index >= 15 is 0 Å². The molecular weight excluding hydrogens is 260 g/mol. The fourth-order valence-corrected chi connectivity index (χ4v) is 1.45. The van der Waals surface area contributed by atoms with Crippen molar-refractivity contribution in [3.63, 3.8) is 0 Å². The van der Waals surface area contributed by atoms with E-state index in [2.05, 4.69) is 23.9 Å². The number of carbonyl (C=O) groups excluding carboxylic acids is 1. The first-order valence-electron chi connectivity index (χ1n) is 7.43.